The summed E-state index contributed by atoms with van der Waals surface area (Å²) in [7, 11) is 0. The second-order valence-electron chi connectivity index (χ2n) is 4.55. The quantitative estimate of drug-likeness (QED) is 0.705. The summed E-state index contributed by atoms with van der Waals surface area (Å²) in [5.41, 5.74) is 9.19. The number of nitrogens with zero attached hydrogens (tertiary/aromatic N) is 4. The zero-order valence-corrected chi connectivity index (χ0v) is 13.4. The molecule has 1 heterocycles. The highest BCUT2D eigenvalue weighted by molar-refractivity contribution is 9.10. The first-order chi connectivity index (χ1) is 10.1. The number of rotatable bonds is 2. The number of aromatic nitrogens is 4. The van der Waals surface area contributed by atoms with Crippen molar-refractivity contribution in [3.8, 4) is 17.1 Å². The Morgan fingerprint density at radius 3 is 2.81 bits per heavy atom. The van der Waals surface area contributed by atoms with E-state index < -0.39 is 0 Å². The van der Waals surface area contributed by atoms with Crippen LogP contribution in [0, 0.1) is 6.92 Å². The molecule has 0 saturated carbocycles. The van der Waals surface area contributed by atoms with E-state index >= 15 is 0 Å². The van der Waals surface area contributed by atoms with E-state index in [0.717, 1.165) is 15.6 Å². The third kappa shape index (κ3) is 2.52. The highest BCUT2D eigenvalue weighted by Crippen LogP contribution is 2.31. The summed E-state index contributed by atoms with van der Waals surface area (Å²) in [6.45, 7) is 1.97. The molecule has 3 aromatic rings. The Morgan fingerprint density at radius 2 is 2.05 bits per heavy atom. The number of anilines is 1. The predicted molar refractivity (Wildman–Crippen MR) is 86.4 cm³/mol. The summed E-state index contributed by atoms with van der Waals surface area (Å²) in [6, 6.07) is 11.2. The standard InChI is InChI=1S/C14H11BrClN5/c1-8-3-2-4-11(17)13(8)14-18-19-20-21(14)12-7-9(15)5-6-10(12)16/h2-7H,17H2,1H3. The van der Waals surface area contributed by atoms with Gasteiger partial charge in [-0.05, 0) is 47.2 Å². The van der Waals surface area contributed by atoms with Crippen LogP contribution in [0.1, 0.15) is 5.56 Å². The van der Waals surface area contributed by atoms with Gasteiger partial charge in [0.2, 0.25) is 0 Å². The number of nitrogen functional groups attached to an aromatic ring is 1. The molecular formula is C14H11BrClN5. The van der Waals surface area contributed by atoms with Gasteiger partial charge in [-0.1, -0.05) is 39.7 Å². The first-order valence-electron chi connectivity index (χ1n) is 6.17. The topological polar surface area (TPSA) is 69.6 Å². The minimum atomic E-state index is 0.555. The zero-order chi connectivity index (χ0) is 15.0. The number of nitrogens with two attached hydrogens (primary N) is 1. The number of hydrogen-bond acceptors (Lipinski definition) is 4. The Bertz CT molecular complexity index is 795. The van der Waals surface area contributed by atoms with Crippen LogP contribution in [-0.4, -0.2) is 20.2 Å². The fourth-order valence-electron chi connectivity index (χ4n) is 2.15. The average Bonchev–Trinajstić information content (AvgIpc) is 2.90. The largest absolute Gasteiger partial charge is 0.398 e. The van der Waals surface area contributed by atoms with Crippen molar-refractivity contribution in [2.24, 2.45) is 0 Å². The third-order valence-electron chi connectivity index (χ3n) is 3.13. The normalized spacial score (nSPS) is 10.8. The van der Waals surface area contributed by atoms with Gasteiger partial charge in [0, 0.05) is 15.7 Å². The summed E-state index contributed by atoms with van der Waals surface area (Å²) < 4.78 is 2.48. The molecule has 0 radical (unpaired) electrons. The second-order valence-corrected chi connectivity index (χ2v) is 5.87. The van der Waals surface area contributed by atoms with Crippen molar-refractivity contribution >= 4 is 33.2 Å². The third-order valence-corrected chi connectivity index (χ3v) is 3.95. The molecule has 0 fully saturated rings. The van der Waals surface area contributed by atoms with E-state index in [1.165, 1.54) is 0 Å². The summed E-state index contributed by atoms with van der Waals surface area (Å²) in [5.74, 6) is 0.561. The van der Waals surface area contributed by atoms with Gasteiger partial charge in [0.15, 0.2) is 5.82 Å². The predicted octanol–water partition coefficient (Wildman–Crippen LogP) is 3.64. The van der Waals surface area contributed by atoms with Gasteiger partial charge in [-0.15, -0.1) is 5.10 Å². The van der Waals surface area contributed by atoms with Gasteiger partial charge in [0.05, 0.1) is 10.7 Å². The zero-order valence-electron chi connectivity index (χ0n) is 11.1. The van der Waals surface area contributed by atoms with Gasteiger partial charge in [-0.3, -0.25) is 0 Å². The van der Waals surface area contributed by atoms with Crippen molar-refractivity contribution in [2.75, 3.05) is 5.73 Å². The molecule has 0 bridgehead atoms. The van der Waals surface area contributed by atoms with Gasteiger partial charge in [-0.2, -0.15) is 4.68 Å². The Kier molecular flexibility index (Phi) is 3.65. The number of tetrazole rings is 1. The average molecular weight is 365 g/mol. The molecule has 0 aliphatic carbocycles. The van der Waals surface area contributed by atoms with Crippen LogP contribution in [0.3, 0.4) is 0 Å². The van der Waals surface area contributed by atoms with E-state index in [4.69, 9.17) is 17.3 Å². The fourth-order valence-corrected chi connectivity index (χ4v) is 2.70. The molecule has 0 aliphatic rings. The molecule has 0 amide bonds. The number of halogens is 2. The maximum Gasteiger partial charge on any atom is 0.189 e. The van der Waals surface area contributed by atoms with E-state index in [9.17, 15) is 0 Å². The first-order valence-corrected chi connectivity index (χ1v) is 7.34. The summed E-state index contributed by atoms with van der Waals surface area (Å²) >= 11 is 9.68. The molecule has 2 N–H and O–H groups in total. The molecule has 7 heteroatoms. The Hall–Kier alpha value is -1.92. The van der Waals surface area contributed by atoms with E-state index in [2.05, 4.69) is 31.5 Å². The van der Waals surface area contributed by atoms with Crippen LogP contribution in [0.4, 0.5) is 5.69 Å². The molecule has 0 spiro atoms. The SMILES string of the molecule is Cc1cccc(N)c1-c1nnnn1-c1cc(Br)ccc1Cl. The lowest BCUT2D eigenvalue weighted by molar-refractivity contribution is 0.791. The number of hydrogen-bond donors (Lipinski definition) is 1. The molecule has 3 rings (SSSR count). The van der Waals surface area contributed by atoms with Crippen molar-refractivity contribution < 1.29 is 0 Å². The van der Waals surface area contributed by atoms with Crippen molar-refractivity contribution in [3.05, 3.63) is 51.5 Å². The Labute approximate surface area is 134 Å². The molecule has 0 saturated heterocycles. The van der Waals surface area contributed by atoms with E-state index in [-0.39, 0.29) is 0 Å². The fraction of sp³-hybridized carbons (Fsp3) is 0.0714. The molecular weight excluding hydrogens is 354 g/mol. The van der Waals surface area contributed by atoms with Gasteiger partial charge in [0.25, 0.3) is 0 Å². The molecule has 0 unspecified atom stereocenters. The van der Waals surface area contributed by atoms with E-state index in [1.807, 2.05) is 37.3 Å². The van der Waals surface area contributed by atoms with Crippen molar-refractivity contribution in [2.45, 2.75) is 6.92 Å². The maximum absolute atomic E-state index is 6.26. The van der Waals surface area contributed by atoms with Crippen molar-refractivity contribution in [3.63, 3.8) is 0 Å². The Morgan fingerprint density at radius 1 is 1.24 bits per heavy atom. The lowest BCUT2D eigenvalue weighted by atomic mass is 10.1. The van der Waals surface area contributed by atoms with Crippen LogP contribution in [0.2, 0.25) is 5.02 Å². The van der Waals surface area contributed by atoms with Crippen LogP contribution in [0.25, 0.3) is 17.1 Å². The molecule has 0 aliphatic heterocycles. The highest BCUT2D eigenvalue weighted by Gasteiger charge is 2.17. The van der Waals surface area contributed by atoms with Crippen molar-refractivity contribution in [1.29, 1.82) is 0 Å². The monoisotopic (exact) mass is 363 g/mol. The molecule has 0 atom stereocenters. The van der Waals surface area contributed by atoms with Crippen molar-refractivity contribution in [1.82, 2.24) is 20.2 Å². The molecule has 106 valence electrons. The molecule has 2 aromatic carbocycles. The summed E-state index contributed by atoms with van der Waals surface area (Å²) in [6.07, 6.45) is 0. The van der Waals surface area contributed by atoms with Gasteiger partial charge >= 0.3 is 0 Å². The van der Waals surface area contributed by atoms with Gasteiger partial charge in [0.1, 0.15) is 0 Å². The van der Waals surface area contributed by atoms with E-state index in [0.29, 0.717) is 22.2 Å². The maximum atomic E-state index is 6.26. The Balaban J connectivity index is 2.25. The van der Waals surface area contributed by atoms with Crippen LogP contribution in [-0.2, 0) is 0 Å². The van der Waals surface area contributed by atoms with Crippen LogP contribution >= 0.6 is 27.5 Å². The minimum Gasteiger partial charge on any atom is -0.398 e. The van der Waals surface area contributed by atoms with Gasteiger partial charge in [-0.25, -0.2) is 0 Å². The summed E-state index contributed by atoms with van der Waals surface area (Å²) in [4.78, 5) is 0. The second kappa shape index (κ2) is 5.46. The molecule has 21 heavy (non-hydrogen) atoms. The lowest BCUT2D eigenvalue weighted by Crippen LogP contribution is -2.03. The van der Waals surface area contributed by atoms with E-state index in [1.54, 1.807) is 10.7 Å². The summed E-state index contributed by atoms with van der Waals surface area (Å²) in [5, 5.41) is 12.5. The number of aryl methyl sites for hydroxylation is 1. The molecule has 1 aromatic heterocycles. The minimum absolute atomic E-state index is 0.555. The highest BCUT2D eigenvalue weighted by atomic mass is 79.9. The van der Waals surface area contributed by atoms with Crippen LogP contribution < -0.4 is 5.73 Å². The first kappa shape index (κ1) is 14.0. The number of benzene rings is 2. The van der Waals surface area contributed by atoms with Gasteiger partial charge < -0.3 is 5.73 Å². The van der Waals surface area contributed by atoms with Crippen LogP contribution in [0.5, 0.6) is 0 Å². The van der Waals surface area contributed by atoms with Crippen LogP contribution in [0.15, 0.2) is 40.9 Å². The molecule has 5 nitrogen and oxygen atoms in total. The smallest absolute Gasteiger partial charge is 0.189 e. The lowest BCUT2D eigenvalue weighted by Gasteiger charge is -2.11.